The number of amidine groups is 1. The van der Waals surface area contributed by atoms with E-state index >= 15 is 0 Å². The van der Waals surface area contributed by atoms with Crippen LogP contribution in [-0.4, -0.2) is 24.8 Å². The molecule has 4 aromatic rings. The van der Waals surface area contributed by atoms with Gasteiger partial charge in [0.25, 0.3) is 5.91 Å². The number of hydrogen-bond donors (Lipinski definition) is 1. The van der Waals surface area contributed by atoms with Crippen LogP contribution < -0.4 is 15.1 Å². The molecule has 0 fully saturated rings. The summed E-state index contributed by atoms with van der Waals surface area (Å²) < 4.78 is 24.6. The van der Waals surface area contributed by atoms with Crippen molar-refractivity contribution in [3.63, 3.8) is 0 Å². The highest BCUT2D eigenvalue weighted by molar-refractivity contribution is 6.17. The van der Waals surface area contributed by atoms with Crippen molar-refractivity contribution >= 4 is 39.9 Å². The number of anilines is 1. The summed E-state index contributed by atoms with van der Waals surface area (Å²) in [5, 5.41) is 9.03. The highest BCUT2D eigenvalue weighted by atomic mass is 19.1. The average Bonchev–Trinajstić information content (AvgIpc) is 3.46. The lowest BCUT2D eigenvalue weighted by atomic mass is 9.99. The summed E-state index contributed by atoms with van der Waals surface area (Å²) in [4.78, 5) is 25.1. The maximum absolute atomic E-state index is 13.4. The molecule has 1 aliphatic heterocycles. The average molecular weight is 483 g/mol. The van der Waals surface area contributed by atoms with Gasteiger partial charge < -0.3 is 14.5 Å². The number of fused-ring (bicyclic) bond motifs is 1. The number of carbonyl (C=O) groups excluding carboxylic acids is 2. The van der Waals surface area contributed by atoms with Gasteiger partial charge in [0, 0.05) is 28.7 Å². The van der Waals surface area contributed by atoms with Crippen LogP contribution in [0.2, 0.25) is 0 Å². The van der Waals surface area contributed by atoms with Crippen LogP contribution in [0.15, 0.2) is 88.6 Å². The Balaban J connectivity index is 1.42. The first-order valence-corrected chi connectivity index (χ1v) is 11.2. The van der Waals surface area contributed by atoms with Gasteiger partial charge >= 0.3 is 0 Å². The van der Waals surface area contributed by atoms with E-state index in [1.807, 2.05) is 24.3 Å². The molecule has 0 aliphatic carbocycles. The van der Waals surface area contributed by atoms with Gasteiger partial charge in [-0.3, -0.25) is 9.59 Å². The summed E-state index contributed by atoms with van der Waals surface area (Å²) in [6.45, 7) is 1.79. The van der Waals surface area contributed by atoms with Crippen molar-refractivity contribution in [1.29, 1.82) is 0 Å². The Morgan fingerprint density at radius 3 is 2.61 bits per heavy atom. The van der Waals surface area contributed by atoms with Gasteiger partial charge in [-0.1, -0.05) is 30.3 Å². The van der Waals surface area contributed by atoms with Gasteiger partial charge in [0.05, 0.1) is 25.5 Å². The molecule has 180 valence electrons. The molecule has 36 heavy (non-hydrogen) atoms. The standard InChI is InChI=1S/C28H22FN3O4/c1-17(12-27(33)30-26-15-28(34)32(31-26)20-6-4-3-5-7-20)21-13-22-23(18-8-10-19(29)11-9-18)16-36-25(22)14-24(21)35-2/h3-14,16H,15H2,1-2H3,(H,30,31,33)/b17-12+. The van der Waals surface area contributed by atoms with E-state index in [1.165, 1.54) is 23.2 Å². The van der Waals surface area contributed by atoms with Crippen LogP contribution in [0.5, 0.6) is 5.75 Å². The van der Waals surface area contributed by atoms with Gasteiger partial charge in [-0.25, -0.2) is 4.39 Å². The van der Waals surface area contributed by atoms with E-state index in [0.717, 1.165) is 16.5 Å². The fraction of sp³-hybridized carbons (Fsp3) is 0.107. The minimum absolute atomic E-state index is 0.00114. The number of nitrogens with one attached hydrogen (secondary N) is 1. The number of benzene rings is 3. The quantitative estimate of drug-likeness (QED) is 0.379. The smallest absolute Gasteiger partial charge is 0.255 e. The SMILES string of the molecule is COc1cc2occ(-c3ccc(F)cc3)c2cc1/C(C)=C/C(=O)NC1=NN(c2ccccc2)C(=O)C1. The summed E-state index contributed by atoms with van der Waals surface area (Å²) in [5.74, 6) is -0.153. The highest BCUT2D eigenvalue weighted by Gasteiger charge is 2.26. The molecular weight excluding hydrogens is 461 g/mol. The summed E-state index contributed by atoms with van der Waals surface area (Å²) in [5.41, 5.74) is 4.17. The molecule has 3 aromatic carbocycles. The number of furan rings is 1. The summed E-state index contributed by atoms with van der Waals surface area (Å²) in [7, 11) is 1.54. The molecule has 0 radical (unpaired) electrons. The second kappa shape index (κ2) is 9.50. The molecule has 8 heteroatoms. The van der Waals surface area contributed by atoms with E-state index < -0.39 is 5.91 Å². The Labute approximate surface area is 206 Å². The van der Waals surface area contributed by atoms with Crippen molar-refractivity contribution in [2.75, 3.05) is 12.1 Å². The minimum Gasteiger partial charge on any atom is -0.496 e. The number of para-hydroxylation sites is 1. The predicted octanol–water partition coefficient (Wildman–Crippen LogP) is 5.52. The molecule has 0 saturated heterocycles. The fourth-order valence-corrected chi connectivity index (χ4v) is 4.11. The van der Waals surface area contributed by atoms with Crippen molar-refractivity contribution in [3.8, 4) is 16.9 Å². The lowest BCUT2D eigenvalue weighted by Crippen LogP contribution is -2.28. The summed E-state index contributed by atoms with van der Waals surface area (Å²) in [6, 6.07) is 18.8. The zero-order valence-corrected chi connectivity index (χ0v) is 19.6. The maximum Gasteiger partial charge on any atom is 0.255 e. The fourth-order valence-electron chi connectivity index (χ4n) is 4.11. The molecular formula is C28H22FN3O4. The molecule has 2 amide bonds. The van der Waals surface area contributed by atoms with E-state index in [0.29, 0.717) is 28.2 Å². The molecule has 1 aromatic heterocycles. The predicted molar refractivity (Wildman–Crippen MR) is 136 cm³/mol. The number of nitrogens with zero attached hydrogens (tertiary/aromatic N) is 2. The zero-order valence-electron chi connectivity index (χ0n) is 19.6. The van der Waals surface area contributed by atoms with E-state index in [9.17, 15) is 14.0 Å². The van der Waals surface area contributed by atoms with Crippen LogP contribution in [0.4, 0.5) is 10.1 Å². The number of hydrazone groups is 1. The van der Waals surface area contributed by atoms with Gasteiger partial charge in [0.15, 0.2) is 0 Å². The third-order valence-corrected chi connectivity index (χ3v) is 5.87. The number of carbonyl (C=O) groups is 2. The van der Waals surface area contributed by atoms with E-state index in [4.69, 9.17) is 9.15 Å². The maximum atomic E-state index is 13.4. The molecule has 0 spiro atoms. The molecule has 7 nitrogen and oxygen atoms in total. The van der Waals surface area contributed by atoms with Crippen LogP contribution >= 0.6 is 0 Å². The van der Waals surface area contributed by atoms with Crippen molar-refractivity contribution in [2.45, 2.75) is 13.3 Å². The van der Waals surface area contributed by atoms with Gasteiger partial charge in [-0.2, -0.15) is 10.1 Å². The highest BCUT2D eigenvalue weighted by Crippen LogP contribution is 2.37. The second-order valence-electron chi connectivity index (χ2n) is 8.29. The van der Waals surface area contributed by atoms with E-state index in [2.05, 4.69) is 10.4 Å². The van der Waals surface area contributed by atoms with Crippen LogP contribution in [0.3, 0.4) is 0 Å². The molecule has 2 heterocycles. The van der Waals surface area contributed by atoms with Gasteiger partial charge in [-0.05, 0) is 48.4 Å². The summed E-state index contributed by atoms with van der Waals surface area (Å²) >= 11 is 0. The largest absolute Gasteiger partial charge is 0.496 e. The zero-order chi connectivity index (χ0) is 25.2. The normalized spacial score (nSPS) is 13.8. The molecule has 0 bridgehead atoms. The van der Waals surface area contributed by atoms with Crippen LogP contribution in [0.25, 0.3) is 27.7 Å². The topological polar surface area (TPSA) is 84.1 Å². The summed E-state index contributed by atoms with van der Waals surface area (Å²) in [6.07, 6.45) is 3.04. The first kappa shape index (κ1) is 23.0. The molecule has 0 unspecified atom stereocenters. The second-order valence-corrected chi connectivity index (χ2v) is 8.29. The Hall–Kier alpha value is -4.72. The number of hydrogen-bond acceptors (Lipinski definition) is 5. The van der Waals surface area contributed by atoms with Crippen molar-refractivity contribution in [1.82, 2.24) is 5.32 Å². The number of ether oxygens (including phenoxy) is 1. The first-order chi connectivity index (χ1) is 17.4. The molecule has 0 atom stereocenters. The Kier molecular flexibility index (Phi) is 6.08. The monoisotopic (exact) mass is 483 g/mol. The van der Waals surface area contributed by atoms with Gasteiger partial charge in [0.1, 0.15) is 23.0 Å². The Morgan fingerprint density at radius 2 is 1.89 bits per heavy atom. The van der Waals surface area contributed by atoms with Crippen LogP contribution in [-0.2, 0) is 9.59 Å². The van der Waals surface area contributed by atoms with Crippen molar-refractivity contribution in [3.05, 3.63) is 90.4 Å². The third kappa shape index (κ3) is 4.48. The van der Waals surface area contributed by atoms with Gasteiger partial charge in [-0.15, -0.1) is 0 Å². The molecule has 5 rings (SSSR count). The van der Waals surface area contributed by atoms with Crippen LogP contribution in [0, 0.1) is 5.82 Å². The third-order valence-electron chi connectivity index (χ3n) is 5.87. The number of rotatable bonds is 5. The minimum atomic E-state index is -0.415. The number of amides is 2. The van der Waals surface area contributed by atoms with Crippen LogP contribution in [0.1, 0.15) is 18.9 Å². The van der Waals surface area contributed by atoms with Gasteiger partial charge in [0.2, 0.25) is 5.91 Å². The Bertz CT molecular complexity index is 1520. The van der Waals surface area contributed by atoms with Crippen molar-refractivity contribution < 1.29 is 23.1 Å². The number of allylic oxidation sites excluding steroid dienone is 1. The molecule has 1 aliphatic rings. The Morgan fingerprint density at radius 1 is 1.14 bits per heavy atom. The number of halogens is 1. The van der Waals surface area contributed by atoms with E-state index in [1.54, 1.807) is 50.6 Å². The number of methoxy groups -OCH3 is 1. The lowest BCUT2D eigenvalue weighted by Gasteiger charge is -2.10. The molecule has 0 saturated carbocycles. The van der Waals surface area contributed by atoms with E-state index in [-0.39, 0.29) is 24.0 Å². The molecule has 1 N–H and O–H groups in total. The first-order valence-electron chi connectivity index (χ1n) is 11.2. The van der Waals surface area contributed by atoms with Crippen molar-refractivity contribution in [2.24, 2.45) is 5.10 Å². The lowest BCUT2D eigenvalue weighted by molar-refractivity contribution is -0.116.